The van der Waals surface area contributed by atoms with E-state index < -0.39 is 0 Å². The Morgan fingerprint density at radius 1 is 0.900 bits per heavy atom. The summed E-state index contributed by atoms with van der Waals surface area (Å²) >= 11 is 0. The first kappa shape index (κ1) is 20.8. The Kier molecular flexibility index (Phi) is 6.33. The van der Waals surface area contributed by atoms with Crippen molar-refractivity contribution in [1.29, 1.82) is 0 Å². The van der Waals surface area contributed by atoms with E-state index in [1.165, 1.54) is 21.6 Å². The highest BCUT2D eigenvalue weighted by atomic mass is 16.2. The molecule has 2 aromatic rings. The van der Waals surface area contributed by atoms with Gasteiger partial charge in [-0.05, 0) is 80.4 Å². The van der Waals surface area contributed by atoms with Gasteiger partial charge in [-0.3, -0.25) is 19.4 Å². The molecule has 2 aromatic carbocycles. The van der Waals surface area contributed by atoms with Crippen LogP contribution in [0.5, 0.6) is 0 Å². The number of aryl methyl sites for hydroxylation is 1. The van der Waals surface area contributed by atoms with Crippen molar-refractivity contribution < 1.29 is 9.59 Å². The highest BCUT2D eigenvalue weighted by Gasteiger charge is 2.38. The van der Waals surface area contributed by atoms with E-state index in [2.05, 4.69) is 30.9 Å². The SMILES string of the molecule is CCCN(CCC)C1Cc2cc3c(cc2C1)C(=O)N(CCCc1ccccc1)C3=O. The fourth-order valence-corrected chi connectivity index (χ4v) is 4.98. The lowest BCUT2D eigenvalue weighted by atomic mass is 10.0. The number of amides is 2. The van der Waals surface area contributed by atoms with Crippen LogP contribution in [-0.2, 0) is 19.3 Å². The van der Waals surface area contributed by atoms with Crippen molar-refractivity contribution in [3.8, 4) is 0 Å². The summed E-state index contributed by atoms with van der Waals surface area (Å²) < 4.78 is 0. The number of nitrogens with zero attached hydrogens (tertiary/aromatic N) is 2. The molecular formula is C26H32N2O2. The van der Waals surface area contributed by atoms with Crippen LogP contribution in [-0.4, -0.2) is 47.3 Å². The van der Waals surface area contributed by atoms with E-state index >= 15 is 0 Å². The molecule has 0 spiro atoms. The van der Waals surface area contributed by atoms with E-state index in [1.54, 1.807) is 0 Å². The molecule has 0 fully saturated rings. The minimum absolute atomic E-state index is 0.117. The fraction of sp³-hybridized carbons (Fsp3) is 0.462. The number of hydrogen-bond donors (Lipinski definition) is 0. The van der Waals surface area contributed by atoms with Gasteiger partial charge in [-0.25, -0.2) is 0 Å². The first-order chi connectivity index (χ1) is 14.6. The van der Waals surface area contributed by atoms with Crippen molar-refractivity contribution in [3.05, 3.63) is 70.3 Å². The van der Waals surface area contributed by atoms with Crippen molar-refractivity contribution in [2.75, 3.05) is 19.6 Å². The summed E-state index contributed by atoms with van der Waals surface area (Å²) in [6.07, 6.45) is 5.93. The molecule has 1 aliphatic carbocycles. The molecule has 158 valence electrons. The standard InChI is InChI=1S/C26H32N2O2/c1-3-12-27(13-4-2)22-15-20-17-23-24(18-21(20)16-22)26(30)28(25(23)29)14-8-11-19-9-6-5-7-10-19/h5-7,9-10,17-18,22H,3-4,8,11-16H2,1-2H3. The van der Waals surface area contributed by atoms with Crippen LogP contribution in [0.3, 0.4) is 0 Å². The normalized spacial score (nSPS) is 15.9. The van der Waals surface area contributed by atoms with E-state index in [0.717, 1.165) is 51.6 Å². The molecule has 0 saturated carbocycles. The van der Waals surface area contributed by atoms with Gasteiger partial charge in [0.25, 0.3) is 11.8 Å². The molecule has 2 aliphatic rings. The lowest BCUT2D eigenvalue weighted by Crippen LogP contribution is -2.37. The Morgan fingerprint density at radius 3 is 2.00 bits per heavy atom. The van der Waals surface area contributed by atoms with Crippen molar-refractivity contribution in [2.45, 2.75) is 58.4 Å². The second kappa shape index (κ2) is 9.13. The zero-order valence-corrected chi connectivity index (χ0v) is 18.2. The maximum Gasteiger partial charge on any atom is 0.261 e. The van der Waals surface area contributed by atoms with Gasteiger partial charge in [0.1, 0.15) is 0 Å². The van der Waals surface area contributed by atoms with Gasteiger partial charge in [0.15, 0.2) is 0 Å². The van der Waals surface area contributed by atoms with Crippen LogP contribution in [0.4, 0.5) is 0 Å². The first-order valence-electron chi connectivity index (χ1n) is 11.4. The smallest absolute Gasteiger partial charge is 0.261 e. The molecule has 0 saturated heterocycles. The molecule has 1 aliphatic heterocycles. The van der Waals surface area contributed by atoms with E-state index in [1.807, 2.05) is 30.3 Å². The van der Waals surface area contributed by atoms with Crippen LogP contribution >= 0.6 is 0 Å². The molecular weight excluding hydrogens is 372 g/mol. The second-order valence-electron chi connectivity index (χ2n) is 8.62. The number of rotatable bonds is 9. The second-order valence-corrected chi connectivity index (χ2v) is 8.62. The Labute approximate surface area is 179 Å². The molecule has 0 bridgehead atoms. The number of carbonyl (C=O) groups excluding carboxylic acids is 2. The predicted molar refractivity (Wildman–Crippen MR) is 120 cm³/mol. The average molecular weight is 405 g/mol. The van der Waals surface area contributed by atoms with Gasteiger partial charge in [0.2, 0.25) is 0 Å². The van der Waals surface area contributed by atoms with Crippen molar-refractivity contribution in [3.63, 3.8) is 0 Å². The summed E-state index contributed by atoms with van der Waals surface area (Å²) in [4.78, 5) is 29.9. The molecule has 2 amide bonds. The van der Waals surface area contributed by atoms with Crippen LogP contribution in [0.2, 0.25) is 0 Å². The molecule has 0 N–H and O–H groups in total. The third-order valence-electron chi connectivity index (χ3n) is 6.43. The number of benzene rings is 2. The molecule has 4 nitrogen and oxygen atoms in total. The number of carbonyl (C=O) groups is 2. The highest BCUT2D eigenvalue weighted by molar-refractivity contribution is 6.21. The van der Waals surface area contributed by atoms with Gasteiger partial charge in [0.05, 0.1) is 11.1 Å². The minimum atomic E-state index is -0.117. The van der Waals surface area contributed by atoms with Crippen molar-refractivity contribution in [1.82, 2.24) is 9.80 Å². The lowest BCUT2D eigenvalue weighted by molar-refractivity contribution is 0.0652. The van der Waals surface area contributed by atoms with Crippen LogP contribution in [0, 0.1) is 0 Å². The molecule has 1 heterocycles. The summed E-state index contributed by atoms with van der Waals surface area (Å²) in [5.41, 5.74) is 4.96. The van der Waals surface area contributed by atoms with E-state index in [4.69, 9.17) is 0 Å². The Bertz CT molecular complexity index is 871. The molecule has 30 heavy (non-hydrogen) atoms. The topological polar surface area (TPSA) is 40.6 Å². The van der Waals surface area contributed by atoms with Gasteiger partial charge >= 0.3 is 0 Å². The minimum Gasteiger partial charge on any atom is -0.300 e. The van der Waals surface area contributed by atoms with Crippen LogP contribution in [0.1, 0.15) is 70.5 Å². The van der Waals surface area contributed by atoms with Gasteiger partial charge in [-0.15, -0.1) is 0 Å². The Hall–Kier alpha value is -2.46. The Morgan fingerprint density at radius 2 is 1.47 bits per heavy atom. The third-order valence-corrected chi connectivity index (χ3v) is 6.43. The summed E-state index contributed by atoms with van der Waals surface area (Å²) in [6, 6.07) is 14.7. The highest BCUT2D eigenvalue weighted by Crippen LogP contribution is 2.33. The van der Waals surface area contributed by atoms with Crippen LogP contribution < -0.4 is 0 Å². The quantitative estimate of drug-likeness (QED) is 0.578. The van der Waals surface area contributed by atoms with E-state index in [0.29, 0.717) is 23.7 Å². The van der Waals surface area contributed by atoms with Crippen LogP contribution in [0.25, 0.3) is 0 Å². The monoisotopic (exact) mass is 404 g/mol. The fourth-order valence-electron chi connectivity index (χ4n) is 4.98. The number of hydrogen-bond acceptors (Lipinski definition) is 3. The molecule has 0 unspecified atom stereocenters. The molecule has 0 atom stereocenters. The van der Waals surface area contributed by atoms with Crippen molar-refractivity contribution in [2.24, 2.45) is 0 Å². The predicted octanol–water partition coefficient (Wildman–Crippen LogP) is 4.50. The summed E-state index contributed by atoms with van der Waals surface area (Å²) in [7, 11) is 0. The van der Waals surface area contributed by atoms with Gasteiger partial charge in [-0.1, -0.05) is 44.2 Å². The van der Waals surface area contributed by atoms with Crippen molar-refractivity contribution >= 4 is 11.8 Å². The summed E-state index contributed by atoms with van der Waals surface area (Å²) in [5, 5.41) is 0. The van der Waals surface area contributed by atoms with Gasteiger partial charge < -0.3 is 0 Å². The van der Waals surface area contributed by atoms with Gasteiger partial charge in [0, 0.05) is 12.6 Å². The molecule has 4 rings (SSSR count). The summed E-state index contributed by atoms with van der Waals surface area (Å²) in [5.74, 6) is -0.235. The zero-order chi connectivity index (χ0) is 21.1. The molecule has 0 aromatic heterocycles. The molecule has 0 radical (unpaired) electrons. The summed E-state index contributed by atoms with van der Waals surface area (Å²) in [6.45, 7) is 7.15. The lowest BCUT2D eigenvalue weighted by Gasteiger charge is -2.27. The maximum absolute atomic E-state index is 13.0. The zero-order valence-electron chi connectivity index (χ0n) is 18.2. The number of imide groups is 1. The largest absolute Gasteiger partial charge is 0.300 e. The maximum atomic E-state index is 13.0. The Balaban J connectivity index is 1.44. The van der Waals surface area contributed by atoms with E-state index in [9.17, 15) is 9.59 Å². The third kappa shape index (κ3) is 4.06. The van der Waals surface area contributed by atoms with Crippen LogP contribution in [0.15, 0.2) is 42.5 Å². The number of fused-ring (bicyclic) bond motifs is 2. The van der Waals surface area contributed by atoms with Gasteiger partial charge in [-0.2, -0.15) is 0 Å². The average Bonchev–Trinajstić information content (AvgIpc) is 3.27. The van der Waals surface area contributed by atoms with E-state index in [-0.39, 0.29) is 11.8 Å². The molecule has 4 heteroatoms. The first-order valence-corrected chi connectivity index (χ1v) is 11.4.